The fourth-order valence-electron chi connectivity index (χ4n) is 4.69. The monoisotopic (exact) mass is 431 g/mol. The molecule has 164 valence electrons. The van der Waals surface area contributed by atoms with Gasteiger partial charge in [0.2, 0.25) is 0 Å². The van der Waals surface area contributed by atoms with E-state index in [1.807, 2.05) is 10.6 Å². The summed E-state index contributed by atoms with van der Waals surface area (Å²) < 4.78 is 15.0. The highest BCUT2D eigenvalue weighted by molar-refractivity contribution is 5.98. The summed E-state index contributed by atoms with van der Waals surface area (Å²) in [5.41, 5.74) is 3.27. The highest BCUT2D eigenvalue weighted by Crippen LogP contribution is 2.24. The number of benzene rings is 2. The van der Waals surface area contributed by atoms with Crippen LogP contribution in [0.5, 0.6) is 0 Å². The standard InChI is InChI=1S/C26H26FN3O2/c27-21-9-6-18(7-10-21)19-12-15-29(16-13-19)25(31)20-8-11-22-23(17-20)28-24-5-3-1-2-4-14-30(24)26(22)32/h6-12,17H,1-5,13-16H2. The van der Waals surface area contributed by atoms with Crippen LogP contribution in [-0.2, 0) is 13.0 Å². The van der Waals surface area contributed by atoms with Crippen LogP contribution in [0, 0.1) is 5.82 Å². The maximum atomic E-state index is 13.2. The van der Waals surface area contributed by atoms with Gasteiger partial charge in [-0.3, -0.25) is 14.2 Å². The van der Waals surface area contributed by atoms with Crippen LogP contribution in [0.1, 0.15) is 53.8 Å². The van der Waals surface area contributed by atoms with E-state index in [1.54, 1.807) is 35.2 Å². The molecule has 1 amide bonds. The van der Waals surface area contributed by atoms with Crippen molar-refractivity contribution in [1.29, 1.82) is 0 Å². The van der Waals surface area contributed by atoms with Gasteiger partial charge in [0, 0.05) is 31.6 Å². The lowest BCUT2D eigenvalue weighted by Crippen LogP contribution is -2.34. The number of aromatic nitrogens is 2. The van der Waals surface area contributed by atoms with E-state index in [1.165, 1.54) is 12.1 Å². The minimum absolute atomic E-state index is 0.00394. The molecule has 32 heavy (non-hydrogen) atoms. The zero-order valence-electron chi connectivity index (χ0n) is 18.0. The van der Waals surface area contributed by atoms with Gasteiger partial charge < -0.3 is 4.90 Å². The first-order valence-corrected chi connectivity index (χ1v) is 11.4. The quantitative estimate of drug-likeness (QED) is 0.597. The number of rotatable bonds is 2. The summed E-state index contributed by atoms with van der Waals surface area (Å²) in [7, 11) is 0. The van der Waals surface area contributed by atoms with Crippen LogP contribution >= 0.6 is 0 Å². The van der Waals surface area contributed by atoms with Gasteiger partial charge in [0.1, 0.15) is 11.6 Å². The second kappa shape index (κ2) is 8.69. The molecule has 5 rings (SSSR count). The van der Waals surface area contributed by atoms with E-state index in [2.05, 4.69) is 0 Å². The zero-order valence-corrected chi connectivity index (χ0v) is 18.0. The van der Waals surface area contributed by atoms with E-state index in [4.69, 9.17) is 4.98 Å². The molecule has 2 aliphatic heterocycles. The smallest absolute Gasteiger partial charge is 0.261 e. The molecule has 0 atom stereocenters. The van der Waals surface area contributed by atoms with Crippen molar-refractivity contribution >= 4 is 22.4 Å². The number of hydrogen-bond acceptors (Lipinski definition) is 3. The van der Waals surface area contributed by atoms with Crippen LogP contribution < -0.4 is 5.56 Å². The average molecular weight is 432 g/mol. The normalized spacial score (nSPS) is 16.8. The molecule has 1 aromatic heterocycles. The van der Waals surface area contributed by atoms with Gasteiger partial charge in [-0.15, -0.1) is 0 Å². The predicted molar refractivity (Wildman–Crippen MR) is 123 cm³/mol. The van der Waals surface area contributed by atoms with E-state index in [9.17, 15) is 14.0 Å². The van der Waals surface area contributed by atoms with Crippen LogP contribution in [0.25, 0.3) is 16.5 Å². The van der Waals surface area contributed by atoms with Gasteiger partial charge in [-0.2, -0.15) is 0 Å². The SMILES string of the molecule is O=C(c1ccc2c(=O)n3c(nc2c1)CCCCCC3)N1CC=C(c2ccc(F)cc2)CC1. The van der Waals surface area contributed by atoms with Crippen molar-refractivity contribution in [3.05, 3.63) is 81.7 Å². The number of carbonyl (C=O) groups is 1. The summed E-state index contributed by atoms with van der Waals surface area (Å²) in [5.74, 6) is 0.519. The predicted octanol–water partition coefficient (Wildman–Crippen LogP) is 4.58. The lowest BCUT2D eigenvalue weighted by molar-refractivity contribution is 0.0773. The molecule has 0 bridgehead atoms. The van der Waals surface area contributed by atoms with E-state index in [-0.39, 0.29) is 17.3 Å². The fourth-order valence-corrected chi connectivity index (χ4v) is 4.69. The third-order valence-electron chi connectivity index (χ3n) is 6.52. The Labute approximate surface area is 186 Å². The third-order valence-corrected chi connectivity index (χ3v) is 6.52. The Hall–Kier alpha value is -3.28. The highest BCUT2D eigenvalue weighted by atomic mass is 19.1. The lowest BCUT2D eigenvalue weighted by Gasteiger charge is -2.27. The summed E-state index contributed by atoms with van der Waals surface area (Å²) in [6.45, 7) is 1.82. The minimum atomic E-state index is -0.251. The molecular formula is C26H26FN3O2. The van der Waals surface area contributed by atoms with Crippen molar-refractivity contribution in [2.24, 2.45) is 0 Å². The Morgan fingerprint density at radius 1 is 0.938 bits per heavy atom. The molecule has 0 N–H and O–H groups in total. The van der Waals surface area contributed by atoms with Crippen molar-refractivity contribution in [1.82, 2.24) is 14.5 Å². The number of nitrogens with zero attached hydrogens (tertiary/aromatic N) is 3. The Balaban J connectivity index is 1.40. The summed E-state index contributed by atoms with van der Waals surface area (Å²) in [5, 5.41) is 0.572. The largest absolute Gasteiger partial charge is 0.335 e. The molecule has 0 saturated heterocycles. The molecule has 6 heteroatoms. The lowest BCUT2D eigenvalue weighted by atomic mass is 9.99. The first-order valence-electron chi connectivity index (χ1n) is 11.4. The van der Waals surface area contributed by atoms with Crippen molar-refractivity contribution in [2.75, 3.05) is 13.1 Å². The van der Waals surface area contributed by atoms with Gasteiger partial charge in [-0.05, 0) is 60.7 Å². The summed E-state index contributed by atoms with van der Waals surface area (Å²) in [6.07, 6.45) is 7.89. The highest BCUT2D eigenvalue weighted by Gasteiger charge is 2.21. The van der Waals surface area contributed by atoms with Gasteiger partial charge in [-0.1, -0.05) is 31.1 Å². The van der Waals surface area contributed by atoms with Crippen molar-refractivity contribution in [3.8, 4) is 0 Å². The molecule has 5 nitrogen and oxygen atoms in total. The van der Waals surface area contributed by atoms with Crippen molar-refractivity contribution in [3.63, 3.8) is 0 Å². The Bertz CT molecular complexity index is 1260. The van der Waals surface area contributed by atoms with Gasteiger partial charge in [-0.25, -0.2) is 9.37 Å². The molecule has 3 aromatic rings. The van der Waals surface area contributed by atoms with Crippen LogP contribution in [0.2, 0.25) is 0 Å². The van der Waals surface area contributed by atoms with Crippen LogP contribution in [0.3, 0.4) is 0 Å². The molecule has 0 saturated carbocycles. The Morgan fingerprint density at radius 3 is 2.53 bits per heavy atom. The van der Waals surface area contributed by atoms with Gasteiger partial charge in [0.05, 0.1) is 10.9 Å². The third kappa shape index (κ3) is 3.97. The average Bonchev–Trinajstić information content (AvgIpc) is 2.80. The van der Waals surface area contributed by atoms with Gasteiger partial charge in [0.15, 0.2) is 0 Å². The maximum Gasteiger partial charge on any atom is 0.261 e. The maximum absolute atomic E-state index is 13.2. The van der Waals surface area contributed by atoms with Crippen LogP contribution in [-0.4, -0.2) is 33.4 Å². The molecule has 0 spiro atoms. The molecule has 0 unspecified atom stereocenters. The molecule has 0 fully saturated rings. The van der Waals surface area contributed by atoms with Crippen molar-refractivity contribution < 1.29 is 9.18 Å². The fraction of sp³-hybridized carbons (Fsp3) is 0.346. The molecule has 2 aromatic carbocycles. The van der Waals surface area contributed by atoms with E-state index in [0.717, 1.165) is 55.5 Å². The molecular weight excluding hydrogens is 405 g/mol. The number of halogens is 1. The van der Waals surface area contributed by atoms with E-state index in [0.29, 0.717) is 36.1 Å². The minimum Gasteiger partial charge on any atom is -0.335 e. The van der Waals surface area contributed by atoms with Crippen LogP contribution in [0.4, 0.5) is 4.39 Å². The van der Waals surface area contributed by atoms with Gasteiger partial charge in [0.25, 0.3) is 11.5 Å². The molecule has 0 radical (unpaired) electrons. The molecule has 3 heterocycles. The summed E-state index contributed by atoms with van der Waals surface area (Å²) >= 11 is 0. The molecule has 2 aliphatic rings. The number of carbonyl (C=O) groups excluding carboxylic acids is 1. The van der Waals surface area contributed by atoms with E-state index < -0.39 is 0 Å². The van der Waals surface area contributed by atoms with Crippen molar-refractivity contribution in [2.45, 2.75) is 45.1 Å². The second-order valence-corrected chi connectivity index (χ2v) is 8.62. The second-order valence-electron chi connectivity index (χ2n) is 8.62. The van der Waals surface area contributed by atoms with Crippen LogP contribution in [0.15, 0.2) is 53.3 Å². The number of hydrogen-bond donors (Lipinski definition) is 0. The first-order chi connectivity index (χ1) is 15.6. The van der Waals surface area contributed by atoms with E-state index >= 15 is 0 Å². The summed E-state index contributed by atoms with van der Waals surface area (Å²) in [6, 6.07) is 11.7. The topological polar surface area (TPSA) is 55.2 Å². The number of fused-ring (bicyclic) bond motifs is 2. The number of amides is 1. The first kappa shape index (κ1) is 20.6. The summed E-state index contributed by atoms with van der Waals surface area (Å²) in [4.78, 5) is 32.7. The Morgan fingerprint density at radius 2 is 1.75 bits per heavy atom. The van der Waals surface area contributed by atoms with Gasteiger partial charge >= 0.3 is 0 Å². The zero-order chi connectivity index (χ0) is 22.1. The Kier molecular flexibility index (Phi) is 5.60. The molecule has 0 aliphatic carbocycles. The number of aryl methyl sites for hydroxylation is 1.